The molecule has 0 radical (unpaired) electrons. The van der Waals surface area contributed by atoms with Gasteiger partial charge in [-0.15, -0.1) is 0 Å². The number of hydrogen-bond acceptors (Lipinski definition) is 6. The van der Waals surface area contributed by atoms with Crippen molar-refractivity contribution in [3.63, 3.8) is 0 Å². The molecule has 1 fully saturated rings. The molecule has 0 aliphatic carbocycles. The highest BCUT2D eigenvalue weighted by Gasteiger charge is 2.46. The topological polar surface area (TPSA) is 68.7 Å². The van der Waals surface area contributed by atoms with E-state index in [1.165, 1.54) is 20.4 Å². The minimum Gasteiger partial charge on any atom is -0.467 e. The van der Waals surface area contributed by atoms with Gasteiger partial charge in [0.25, 0.3) is 0 Å². The van der Waals surface area contributed by atoms with E-state index in [0.29, 0.717) is 24.3 Å². The Hall–Kier alpha value is -2.02. The van der Waals surface area contributed by atoms with Crippen LogP contribution in [0.4, 0.5) is 4.39 Å². The standard InChI is InChI=1S/C14H17FN2O4/c1-20-12(18)10-3-4-11(16-7-10)8-17-6-5-14(15,9-17)13(19)21-2/h3-4,7H,5-6,8-9H2,1-2H3/t14-/m0/s1. The van der Waals surface area contributed by atoms with Crippen LogP contribution in [0.1, 0.15) is 22.5 Å². The van der Waals surface area contributed by atoms with Crippen molar-refractivity contribution in [1.29, 1.82) is 0 Å². The first-order valence-electron chi connectivity index (χ1n) is 6.51. The van der Waals surface area contributed by atoms with Crippen LogP contribution in [0.2, 0.25) is 0 Å². The zero-order valence-corrected chi connectivity index (χ0v) is 12.0. The predicted octanol–water partition coefficient (Wildman–Crippen LogP) is 0.955. The summed E-state index contributed by atoms with van der Waals surface area (Å²) in [6, 6.07) is 3.29. The molecule has 21 heavy (non-hydrogen) atoms. The third-order valence-corrected chi connectivity index (χ3v) is 3.48. The van der Waals surface area contributed by atoms with Crippen LogP contribution >= 0.6 is 0 Å². The van der Waals surface area contributed by atoms with E-state index in [1.807, 2.05) is 0 Å². The third-order valence-electron chi connectivity index (χ3n) is 3.48. The monoisotopic (exact) mass is 296 g/mol. The summed E-state index contributed by atoms with van der Waals surface area (Å²) in [4.78, 5) is 28.6. The molecule has 1 saturated heterocycles. The predicted molar refractivity (Wildman–Crippen MR) is 71.3 cm³/mol. The average molecular weight is 296 g/mol. The van der Waals surface area contributed by atoms with E-state index in [2.05, 4.69) is 14.5 Å². The number of alkyl halides is 1. The number of carbonyl (C=O) groups is 2. The van der Waals surface area contributed by atoms with Crippen LogP contribution in [0.25, 0.3) is 0 Å². The Morgan fingerprint density at radius 1 is 1.38 bits per heavy atom. The van der Waals surface area contributed by atoms with Crippen LogP contribution < -0.4 is 0 Å². The van der Waals surface area contributed by atoms with Gasteiger partial charge in [0.1, 0.15) is 0 Å². The van der Waals surface area contributed by atoms with Crippen LogP contribution in [-0.4, -0.2) is 54.8 Å². The Bertz CT molecular complexity index is 534. The highest BCUT2D eigenvalue weighted by atomic mass is 19.1. The van der Waals surface area contributed by atoms with Crippen LogP contribution in [0.15, 0.2) is 18.3 Å². The molecule has 0 amide bonds. The summed E-state index contributed by atoms with van der Waals surface area (Å²) >= 11 is 0. The zero-order chi connectivity index (χ0) is 15.5. The molecular weight excluding hydrogens is 279 g/mol. The fraction of sp³-hybridized carbons (Fsp3) is 0.500. The molecular formula is C14H17FN2O4. The second-order valence-electron chi connectivity index (χ2n) is 4.95. The number of halogens is 1. The lowest BCUT2D eigenvalue weighted by atomic mass is 10.1. The number of aromatic nitrogens is 1. The molecule has 1 aliphatic rings. The van der Waals surface area contributed by atoms with Gasteiger partial charge in [-0.2, -0.15) is 0 Å². The lowest BCUT2D eigenvalue weighted by Crippen LogP contribution is -2.38. The van der Waals surface area contributed by atoms with E-state index >= 15 is 0 Å². The molecule has 1 aliphatic heterocycles. The normalized spacial score (nSPS) is 22.0. The number of ether oxygens (including phenoxy) is 2. The van der Waals surface area contributed by atoms with Crippen molar-refractivity contribution in [3.05, 3.63) is 29.6 Å². The van der Waals surface area contributed by atoms with Gasteiger partial charge < -0.3 is 9.47 Å². The average Bonchev–Trinajstić information content (AvgIpc) is 2.88. The van der Waals surface area contributed by atoms with Crippen LogP contribution in [0, 0.1) is 0 Å². The molecule has 0 aromatic carbocycles. The number of carbonyl (C=O) groups excluding carboxylic acids is 2. The second-order valence-corrected chi connectivity index (χ2v) is 4.95. The molecule has 0 unspecified atom stereocenters. The summed E-state index contributed by atoms with van der Waals surface area (Å²) in [5.41, 5.74) is -0.894. The van der Waals surface area contributed by atoms with Gasteiger partial charge in [0, 0.05) is 32.3 Å². The summed E-state index contributed by atoms with van der Waals surface area (Å²) in [5.74, 6) is -1.29. The van der Waals surface area contributed by atoms with Crippen molar-refractivity contribution >= 4 is 11.9 Å². The van der Waals surface area contributed by atoms with E-state index in [0.717, 1.165) is 0 Å². The number of likely N-dealkylation sites (tertiary alicyclic amines) is 1. The smallest absolute Gasteiger partial charge is 0.345 e. The molecule has 0 bridgehead atoms. The van der Waals surface area contributed by atoms with Gasteiger partial charge >= 0.3 is 11.9 Å². The molecule has 1 aromatic rings. The highest BCUT2D eigenvalue weighted by Crippen LogP contribution is 2.27. The first-order chi connectivity index (χ1) is 9.98. The number of hydrogen-bond donors (Lipinski definition) is 0. The summed E-state index contributed by atoms with van der Waals surface area (Å²) in [5, 5.41) is 0. The molecule has 0 saturated carbocycles. The molecule has 0 N–H and O–H groups in total. The molecule has 114 valence electrons. The Balaban J connectivity index is 1.97. The summed E-state index contributed by atoms with van der Waals surface area (Å²) < 4.78 is 23.3. The quantitative estimate of drug-likeness (QED) is 0.771. The Kier molecular flexibility index (Phi) is 4.52. The van der Waals surface area contributed by atoms with Crippen molar-refractivity contribution < 1.29 is 23.5 Å². The largest absolute Gasteiger partial charge is 0.467 e. The van der Waals surface area contributed by atoms with E-state index in [9.17, 15) is 14.0 Å². The van der Waals surface area contributed by atoms with Gasteiger partial charge in [-0.3, -0.25) is 9.88 Å². The van der Waals surface area contributed by atoms with Crippen molar-refractivity contribution in [1.82, 2.24) is 9.88 Å². The van der Waals surface area contributed by atoms with Gasteiger partial charge in [-0.25, -0.2) is 14.0 Å². The summed E-state index contributed by atoms with van der Waals surface area (Å²) in [6.07, 6.45) is 1.53. The van der Waals surface area contributed by atoms with E-state index in [-0.39, 0.29) is 13.0 Å². The third kappa shape index (κ3) is 3.36. The van der Waals surface area contributed by atoms with Gasteiger partial charge in [0.15, 0.2) is 0 Å². The van der Waals surface area contributed by atoms with E-state index in [1.54, 1.807) is 17.0 Å². The maximum absolute atomic E-state index is 14.3. The Morgan fingerprint density at radius 3 is 2.71 bits per heavy atom. The number of rotatable bonds is 4. The Morgan fingerprint density at radius 2 is 2.14 bits per heavy atom. The molecule has 6 nitrogen and oxygen atoms in total. The zero-order valence-electron chi connectivity index (χ0n) is 12.0. The maximum atomic E-state index is 14.3. The number of esters is 2. The van der Waals surface area contributed by atoms with Gasteiger partial charge in [0.2, 0.25) is 5.67 Å². The first-order valence-corrected chi connectivity index (χ1v) is 6.51. The van der Waals surface area contributed by atoms with Crippen molar-refractivity contribution in [2.75, 3.05) is 27.3 Å². The van der Waals surface area contributed by atoms with Crippen molar-refractivity contribution in [2.45, 2.75) is 18.6 Å². The number of pyridine rings is 1. The fourth-order valence-electron chi connectivity index (χ4n) is 2.32. The number of nitrogens with zero attached hydrogens (tertiary/aromatic N) is 2. The van der Waals surface area contributed by atoms with Crippen LogP contribution in [0.3, 0.4) is 0 Å². The summed E-state index contributed by atoms with van der Waals surface area (Å²) in [6.45, 7) is 0.844. The van der Waals surface area contributed by atoms with E-state index in [4.69, 9.17) is 0 Å². The maximum Gasteiger partial charge on any atom is 0.345 e. The lowest BCUT2D eigenvalue weighted by molar-refractivity contribution is -0.153. The molecule has 0 spiro atoms. The molecule has 1 aromatic heterocycles. The van der Waals surface area contributed by atoms with Gasteiger partial charge in [-0.05, 0) is 12.1 Å². The van der Waals surface area contributed by atoms with Gasteiger partial charge in [-0.1, -0.05) is 0 Å². The van der Waals surface area contributed by atoms with Gasteiger partial charge in [0.05, 0.1) is 25.5 Å². The van der Waals surface area contributed by atoms with E-state index < -0.39 is 17.6 Å². The molecule has 2 rings (SSSR count). The molecule has 7 heteroatoms. The fourth-order valence-corrected chi connectivity index (χ4v) is 2.32. The van der Waals surface area contributed by atoms with Crippen molar-refractivity contribution in [2.24, 2.45) is 0 Å². The van der Waals surface area contributed by atoms with Crippen LogP contribution in [0.5, 0.6) is 0 Å². The Labute approximate surface area is 121 Å². The minimum atomic E-state index is -1.94. The minimum absolute atomic E-state index is 0.0138. The SMILES string of the molecule is COC(=O)c1ccc(CN2CC[C@@](F)(C(=O)OC)C2)nc1. The molecule has 1 atom stereocenters. The lowest BCUT2D eigenvalue weighted by Gasteiger charge is -2.18. The highest BCUT2D eigenvalue weighted by molar-refractivity contribution is 5.88. The molecule has 2 heterocycles. The number of methoxy groups -OCH3 is 2. The van der Waals surface area contributed by atoms with Crippen molar-refractivity contribution in [3.8, 4) is 0 Å². The first kappa shape index (κ1) is 15.4. The van der Waals surface area contributed by atoms with Crippen LogP contribution in [-0.2, 0) is 20.8 Å². The summed E-state index contributed by atoms with van der Waals surface area (Å²) in [7, 11) is 2.48. The second kappa shape index (κ2) is 6.17.